The molecule has 4 nitrogen and oxygen atoms in total. The van der Waals surface area contributed by atoms with Gasteiger partial charge in [0, 0.05) is 18.7 Å². The second-order valence-electron chi connectivity index (χ2n) is 5.73. The number of aromatic hydroxyl groups is 1. The van der Waals surface area contributed by atoms with Gasteiger partial charge >= 0.3 is 0 Å². The summed E-state index contributed by atoms with van der Waals surface area (Å²) in [5, 5.41) is 9.34. The molecular formula is C20H17NO3S. The first-order chi connectivity index (χ1) is 12.0. The third-order valence-corrected chi connectivity index (χ3v) is 5.03. The third kappa shape index (κ3) is 3.61. The number of Topliss-reactive ketones (excluding diaryl/α,β-unsaturated/α-hetero) is 1. The van der Waals surface area contributed by atoms with Gasteiger partial charge in [-0.3, -0.25) is 9.59 Å². The number of aromatic nitrogens is 1. The van der Waals surface area contributed by atoms with E-state index in [1.807, 2.05) is 25.1 Å². The zero-order chi connectivity index (χ0) is 18.0. The molecule has 0 spiro atoms. The van der Waals surface area contributed by atoms with E-state index in [-0.39, 0.29) is 17.1 Å². The van der Waals surface area contributed by atoms with Crippen LogP contribution in [0.5, 0.6) is 5.75 Å². The average Bonchev–Trinajstić information content (AvgIpc) is 2.85. The first-order valence-electron chi connectivity index (χ1n) is 7.74. The summed E-state index contributed by atoms with van der Waals surface area (Å²) >= 11 is 1.27. The molecule has 3 aromatic rings. The van der Waals surface area contributed by atoms with Crippen molar-refractivity contribution in [3.05, 3.63) is 84.8 Å². The van der Waals surface area contributed by atoms with Gasteiger partial charge in [-0.1, -0.05) is 36.4 Å². The van der Waals surface area contributed by atoms with Gasteiger partial charge in [0.2, 0.25) is 0 Å². The van der Waals surface area contributed by atoms with Gasteiger partial charge in [-0.2, -0.15) is 0 Å². The molecule has 0 saturated heterocycles. The second-order valence-corrected chi connectivity index (χ2v) is 6.79. The molecule has 5 heteroatoms. The topological polar surface area (TPSA) is 59.3 Å². The Morgan fingerprint density at radius 2 is 1.80 bits per heavy atom. The Bertz CT molecular complexity index is 1110. The highest BCUT2D eigenvalue weighted by atomic mass is 32.1. The van der Waals surface area contributed by atoms with Crippen molar-refractivity contribution in [2.45, 2.75) is 6.92 Å². The van der Waals surface area contributed by atoms with Crippen LogP contribution in [0.1, 0.15) is 21.5 Å². The highest BCUT2D eigenvalue weighted by molar-refractivity contribution is 7.07. The lowest BCUT2D eigenvalue weighted by atomic mass is 10.1. The van der Waals surface area contributed by atoms with E-state index in [0.29, 0.717) is 14.8 Å². The number of phenolic OH excluding ortho intramolecular Hbond substituents is 1. The smallest absolute Gasteiger partial charge is 0.268 e. The molecule has 1 heterocycles. The van der Waals surface area contributed by atoms with Crippen LogP contribution in [0.15, 0.2) is 53.3 Å². The number of hydrogen-bond acceptors (Lipinski definition) is 4. The number of aryl methyl sites for hydroxylation is 1. The van der Waals surface area contributed by atoms with E-state index < -0.39 is 0 Å². The van der Waals surface area contributed by atoms with Gasteiger partial charge in [0.05, 0.1) is 4.53 Å². The summed E-state index contributed by atoms with van der Waals surface area (Å²) in [6.45, 7) is 1.89. The summed E-state index contributed by atoms with van der Waals surface area (Å²) in [5.74, 6) is 0.0558. The fourth-order valence-electron chi connectivity index (χ4n) is 2.47. The van der Waals surface area contributed by atoms with Crippen LogP contribution in [0.2, 0.25) is 0 Å². The molecule has 0 bridgehead atoms. The number of nitrogens with zero attached hydrogens (tertiary/aromatic N) is 1. The highest BCUT2D eigenvalue weighted by Crippen LogP contribution is 2.10. The highest BCUT2D eigenvalue weighted by Gasteiger charge is 2.07. The molecule has 1 N–H and O–H groups in total. The molecule has 25 heavy (non-hydrogen) atoms. The van der Waals surface area contributed by atoms with Crippen LogP contribution >= 0.6 is 11.3 Å². The minimum Gasteiger partial charge on any atom is -0.508 e. The summed E-state index contributed by atoms with van der Waals surface area (Å²) in [4.78, 5) is 24.9. The van der Waals surface area contributed by atoms with Gasteiger partial charge < -0.3 is 9.67 Å². The van der Waals surface area contributed by atoms with Gasteiger partial charge in [0.1, 0.15) is 10.4 Å². The van der Waals surface area contributed by atoms with Gasteiger partial charge in [-0.15, -0.1) is 11.3 Å². The van der Waals surface area contributed by atoms with E-state index in [9.17, 15) is 14.7 Å². The lowest BCUT2D eigenvalue weighted by Crippen LogP contribution is -2.29. The third-order valence-electron chi connectivity index (χ3n) is 3.92. The molecule has 0 atom stereocenters. The molecule has 0 saturated carbocycles. The normalized spacial score (nSPS) is 12.6. The lowest BCUT2D eigenvalue weighted by molar-refractivity contribution is 0.106. The van der Waals surface area contributed by atoms with Gasteiger partial charge in [0.15, 0.2) is 5.78 Å². The summed E-state index contributed by atoms with van der Waals surface area (Å²) < 4.78 is 2.62. The lowest BCUT2D eigenvalue weighted by Gasteiger charge is -1.99. The number of phenols is 1. The zero-order valence-electron chi connectivity index (χ0n) is 13.9. The zero-order valence-corrected chi connectivity index (χ0v) is 14.7. The van der Waals surface area contributed by atoms with Gasteiger partial charge in [-0.05, 0) is 36.3 Å². The van der Waals surface area contributed by atoms with E-state index in [1.165, 1.54) is 22.0 Å². The Hall–Kier alpha value is -2.92. The monoisotopic (exact) mass is 351 g/mol. The van der Waals surface area contributed by atoms with Crippen molar-refractivity contribution in [2.75, 3.05) is 0 Å². The SMILES string of the molecule is Cc1ccccc1C(=O)C=c1sc(=Cc2ccc(O)cc2)c(=O)n1C. The van der Waals surface area contributed by atoms with Crippen molar-refractivity contribution >= 4 is 29.3 Å². The maximum absolute atomic E-state index is 12.5. The standard InChI is InChI=1S/C20H17NO3S/c1-13-5-3-4-6-16(13)17(23)12-19-21(2)20(24)18(25-19)11-14-7-9-15(22)10-8-14/h3-12,22H,1-2H3. The number of rotatable bonds is 3. The fraction of sp³-hybridized carbons (Fsp3) is 0.100. The van der Waals surface area contributed by atoms with E-state index in [1.54, 1.807) is 43.5 Å². The Labute approximate surface area is 148 Å². The number of carbonyl (C=O) groups is 1. The minimum atomic E-state index is -0.151. The van der Waals surface area contributed by atoms with E-state index in [4.69, 9.17) is 0 Å². The predicted octanol–water partition coefficient (Wildman–Crippen LogP) is 1.95. The van der Waals surface area contributed by atoms with Crippen molar-refractivity contribution in [3.63, 3.8) is 0 Å². The van der Waals surface area contributed by atoms with Crippen LogP contribution in [0.3, 0.4) is 0 Å². The molecule has 0 aliphatic heterocycles. The molecule has 3 rings (SSSR count). The Morgan fingerprint density at radius 3 is 2.48 bits per heavy atom. The Morgan fingerprint density at radius 1 is 1.12 bits per heavy atom. The number of thiazole rings is 1. The summed E-state index contributed by atoms with van der Waals surface area (Å²) in [6.07, 6.45) is 3.25. The van der Waals surface area contributed by atoms with Crippen LogP contribution < -0.4 is 14.8 Å². The number of carbonyl (C=O) groups excluding carboxylic acids is 1. The molecule has 0 unspecified atom stereocenters. The molecule has 0 radical (unpaired) electrons. The predicted molar refractivity (Wildman–Crippen MR) is 100 cm³/mol. The van der Waals surface area contributed by atoms with Crippen molar-refractivity contribution < 1.29 is 9.90 Å². The molecule has 1 aromatic heterocycles. The van der Waals surface area contributed by atoms with Crippen LogP contribution in [-0.2, 0) is 7.05 Å². The second kappa shape index (κ2) is 6.91. The molecule has 0 aliphatic carbocycles. The molecule has 0 aliphatic rings. The number of ketones is 1. The van der Waals surface area contributed by atoms with Gasteiger partial charge in [0.25, 0.3) is 5.56 Å². The van der Waals surface area contributed by atoms with Gasteiger partial charge in [-0.25, -0.2) is 0 Å². The van der Waals surface area contributed by atoms with E-state index >= 15 is 0 Å². The van der Waals surface area contributed by atoms with Crippen molar-refractivity contribution in [3.8, 4) is 5.75 Å². The first kappa shape index (κ1) is 16.9. The van der Waals surface area contributed by atoms with E-state index in [2.05, 4.69) is 0 Å². The van der Waals surface area contributed by atoms with Crippen LogP contribution in [0, 0.1) is 6.92 Å². The van der Waals surface area contributed by atoms with Crippen molar-refractivity contribution in [1.29, 1.82) is 0 Å². The maximum atomic E-state index is 12.5. The molecular weight excluding hydrogens is 334 g/mol. The maximum Gasteiger partial charge on any atom is 0.268 e. The summed E-state index contributed by atoms with van der Waals surface area (Å²) in [6, 6.07) is 14.0. The molecule has 2 aromatic carbocycles. The summed E-state index contributed by atoms with van der Waals surface area (Å²) in [7, 11) is 1.66. The fourth-order valence-corrected chi connectivity index (χ4v) is 3.50. The molecule has 0 fully saturated rings. The molecule has 126 valence electrons. The minimum absolute atomic E-state index is 0.119. The summed E-state index contributed by atoms with van der Waals surface area (Å²) in [5.41, 5.74) is 2.20. The average molecular weight is 351 g/mol. The first-order valence-corrected chi connectivity index (χ1v) is 8.55. The largest absolute Gasteiger partial charge is 0.508 e. The molecule has 0 amide bonds. The number of hydrogen-bond donors (Lipinski definition) is 1. The Balaban J connectivity index is 2.07. The van der Waals surface area contributed by atoms with Crippen molar-refractivity contribution in [1.82, 2.24) is 4.57 Å². The van der Waals surface area contributed by atoms with Crippen LogP contribution in [0.4, 0.5) is 0 Å². The number of benzene rings is 2. The van der Waals surface area contributed by atoms with Crippen molar-refractivity contribution in [2.24, 2.45) is 7.05 Å². The van der Waals surface area contributed by atoms with E-state index in [0.717, 1.165) is 11.1 Å². The van der Waals surface area contributed by atoms with Crippen LogP contribution in [-0.4, -0.2) is 15.5 Å². The quantitative estimate of drug-likeness (QED) is 0.734. The Kier molecular flexibility index (Phi) is 4.67. The van der Waals surface area contributed by atoms with Crippen LogP contribution in [0.25, 0.3) is 12.2 Å².